The van der Waals surface area contributed by atoms with E-state index in [2.05, 4.69) is 38.8 Å². The van der Waals surface area contributed by atoms with Crippen LogP contribution in [0.1, 0.15) is 43.0 Å². The maximum Gasteiger partial charge on any atom is 0.255 e. The molecule has 0 aliphatic rings. The van der Waals surface area contributed by atoms with Crippen LogP contribution in [-0.2, 0) is 0 Å². The molecule has 1 aromatic rings. The summed E-state index contributed by atoms with van der Waals surface area (Å²) in [4.78, 5) is 14.1. The Labute approximate surface area is 135 Å². The normalized spacial score (nSPS) is 10.7. The van der Waals surface area contributed by atoms with Crippen LogP contribution in [0.5, 0.6) is 0 Å². The zero-order valence-electron chi connectivity index (χ0n) is 11.0. The van der Waals surface area contributed by atoms with Crippen molar-refractivity contribution in [3.8, 4) is 0 Å². The Hall–Kier alpha value is 0.0900. The molecule has 0 unspecified atom stereocenters. The zero-order chi connectivity index (χ0) is 14.3. The number of carbonyl (C=O) groups excluding carboxylic acids is 1. The second-order valence-corrected chi connectivity index (χ2v) is 8.06. The van der Waals surface area contributed by atoms with Crippen LogP contribution in [0.15, 0.2) is 13.6 Å². The van der Waals surface area contributed by atoms with E-state index < -0.39 is 0 Å². The highest BCUT2D eigenvalue weighted by atomic mass is 79.9. The highest BCUT2D eigenvalue weighted by molar-refractivity contribution is 9.12. The number of thiophene rings is 1. The van der Waals surface area contributed by atoms with Gasteiger partial charge in [0.1, 0.15) is 0 Å². The maximum absolute atomic E-state index is 12.4. The number of hydrogen-bond acceptors (Lipinski definition) is 3. The van der Waals surface area contributed by atoms with Gasteiger partial charge in [-0.3, -0.25) is 4.79 Å². The van der Waals surface area contributed by atoms with Gasteiger partial charge in [0.2, 0.25) is 0 Å². The van der Waals surface area contributed by atoms with Crippen molar-refractivity contribution in [3.63, 3.8) is 0 Å². The van der Waals surface area contributed by atoms with Crippen LogP contribution in [0, 0.1) is 0 Å². The van der Waals surface area contributed by atoms with Gasteiger partial charge in [0.25, 0.3) is 5.91 Å². The molecular weight excluding hydrogens is 394 g/mol. The minimum absolute atomic E-state index is 0.00242. The van der Waals surface area contributed by atoms with Crippen LogP contribution in [0.3, 0.4) is 0 Å². The fourth-order valence-corrected chi connectivity index (χ4v) is 4.60. The molecule has 0 fully saturated rings. The number of halogens is 2. The van der Waals surface area contributed by atoms with E-state index in [0.29, 0.717) is 18.7 Å². The van der Waals surface area contributed by atoms with Gasteiger partial charge >= 0.3 is 0 Å². The summed E-state index contributed by atoms with van der Waals surface area (Å²) in [6.07, 6.45) is 4.48. The number of hydrogen-bond donors (Lipinski definition) is 1. The van der Waals surface area contributed by atoms with E-state index >= 15 is 0 Å². The topological polar surface area (TPSA) is 40.5 Å². The van der Waals surface area contributed by atoms with E-state index in [9.17, 15) is 4.79 Å². The summed E-state index contributed by atoms with van der Waals surface area (Å²) in [5.41, 5.74) is 0.667. The largest absolute Gasteiger partial charge is 0.395 e. The molecule has 6 heteroatoms. The Morgan fingerprint density at radius 3 is 2.58 bits per heavy atom. The quantitative estimate of drug-likeness (QED) is 0.647. The molecular formula is C13H19Br2NO2S. The molecule has 108 valence electrons. The molecule has 1 N–H and O–H groups in total. The summed E-state index contributed by atoms with van der Waals surface area (Å²) >= 11 is 8.28. The number of aliphatic hydroxyl groups excluding tert-OH is 1. The lowest BCUT2D eigenvalue weighted by molar-refractivity contribution is 0.0718. The van der Waals surface area contributed by atoms with E-state index in [1.54, 1.807) is 4.90 Å². The number of amides is 1. The molecule has 0 aromatic carbocycles. The van der Waals surface area contributed by atoms with Crippen molar-refractivity contribution in [2.45, 2.75) is 32.6 Å². The highest BCUT2D eigenvalue weighted by Crippen LogP contribution is 2.32. The van der Waals surface area contributed by atoms with E-state index in [1.807, 2.05) is 6.07 Å². The van der Waals surface area contributed by atoms with E-state index in [-0.39, 0.29) is 12.5 Å². The van der Waals surface area contributed by atoms with Gasteiger partial charge in [-0.15, -0.1) is 11.3 Å². The first-order chi connectivity index (χ1) is 9.10. The molecule has 1 rings (SSSR count). The Morgan fingerprint density at radius 2 is 2.05 bits per heavy atom. The fraction of sp³-hybridized carbons (Fsp3) is 0.615. The molecule has 0 saturated carbocycles. The van der Waals surface area contributed by atoms with Crippen molar-refractivity contribution in [3.05, 3.63) is 19.2 Å². The molecule has 0 bridgehead atoms. The van der Waals surface area contributed by atoms with Crippen LogP contribution >= 0.6 is 43.2 Å². The number of nitrogens with zero attached hydrogens (tertiary/aromatic N) is 1. The second kappa shape index (κ2) is 9.10. The Balaban J connectivity index is 2.64. The minimum Gasteiger partial charge on any atom is -0.395 e. The van der Waals surface area contributed by atoms with Crippen molar-refractivity contribution >= 4 is 49.1 Å². The van der Waals surface area contributed by atoms with Gasteiger partial charge in [0.05, 0.1) is 19.7 Å². The number of carbonyl (C=O) groups is 1. The van der Waals surface area contributed by atoms with Gasteiger partial charge in [0.15, 0.2) is 0 Å². The zero-order valence-corrected chi connectivity index (χ0v) is 15.0. The molecule has 0 aliphatic heterocycles. The van der Waals surface area contributed by atoms with Crippen LogP contribution in [0.2, 0.25) is 0 Å². The number of aliphatic hydroxyl groups is 1. The van der Waals surface area contributed by atoms with Crippen molar-refractivity contribution in [1.82, 2.24) is 4.90 Å². The molecule has 1 heterocycles. The predicted molar refractivity (Wildman–Crippen MR) is 86.9 cm³/mol. The van der Waals surface area contributed by atoms with E-state index in [4.69, 9.17) is 5.11 Å². The maximum atomic E-state index is 12.4. The van der Waals surface area contributed by atoms with Gasteiger partial charge in [-0.05, 0) is 44.3 Å². The first-order valence-corrected chi connectivity index (χ1v) is 8.85. The number of rotatable bonds is 8. The third kappa shape index (κ3) is 5.53. The van der Waals surface area contributed by atoms with Crippen LogP contribution in [0.4, 0.5) is 0 Å². The molecule has 0 atom stereocenters. The molecule has 3 nitrogen and oxygen atoms in total. The fourth-order valence-electron chi connectivity index (χ4n) is 1.82. The third-order valence-corrected chi connectivity index (χ3v) is 5.17. The summed E-state index contributed by atoms with van der Waals surface area (Å²) in [7, 11) is 0. The van der Waals surface area contributed by atoms with E-state index in [1.165, 1.54) is 24.2 Å². The monoisotopic (exact) mass is 411 g/mol. The third-order valence-electron chi connectivity index (χ3n) is 2.83. The molecule has 1 amide bonds. The Morgan fingerprint density at radius 1 is 1.32 bits per heavy atom. The van der Waals surface area contributed by atoms with Crippen LogP contribution in [0.25, 0.3) is 0 Å². The molecule has 0 aliphatic carbocycles. The van der Waals surface area contributed by atoms with Crippen molar-refractivity contribution < 1.29 is 9.90 Å². The Bertz CT molecular complexity index is 409. The average Bonchev–Trinajstić information content (AvgIpc) is 2.71. The molecule has 0 spiro atoms. The summed E-state index contributed by atoms with van der Waals surface area (Å²) in [6, 6.07) is 1.83. The minimum atomic E-state index is -0.0145. The van der Waals surface area contributed by atoms with Crippen molar-refractivity contribution in [2.75, 3.05) is 19.7 Å². The predicted octanol–water partition coefficient (Wildman–Crippen LogP) is 4.29. The SMILES string of the molecule is CCCCCCN(CCO)C(=O)c1cc(Br)sc1Br. The summed E-state index contributed by atoms with van der Waals surface area (Å²) < 4.78 is 1.76. The van der Waals surface area contributed by atoms with Gasteiger partial charge in [-0.2, -0.15) is 0 Å². The lowest BCUT2D eigenvalue weighted by atomic mass is 10.2. The Kier molecular flexibility index (Phi) is 8.21. The standard InChI is InChI=1S/C13H19Br2NO2S/c1-2-3-4-5-6-16(7-8-17)13(18)10-9-11(14)19-12(10)15/h9,17H,2-8H2,1H3. The van der Waals surface area contributed by atoms with Crippen molar-refractivity contribution in [2.24, 2.45) is 0 Å². The summed E-state index contributed by atoms with van der Waals surface area (Å²) in [5.74, 6) is -0.0145. The van der Waals surface area contributed by atoms with Crippen molar-refractivity contribution in [1.29, 1.82) is 0 Å². The van der Waals surface area contributed by atoms with Crippen LogP contribution in [-0.4, -0.2) is 35.6 Å². The van der Waals surface area contributed by atoms with Gasteiger partial charge in [-0.1, -0.05) is 26.2 Å². The first kappa shape index (κ1) is 17.1. The van der Waals surface area contributed by atoms with Gasteiger partial charge < -0.3 is 10.0 Å². The molecule has 1 aromatic heterocycles. The molecule has 0 saturated heterocycles. The molecule has 0 radical (unpaired) electrons. The van der Waals surface area contributed by atoms with Gasteiger partial charge in [-0.25, -0.2) is 0 Å². The first-order valence-electron chi connectivity index (χ1n) is 6.45. The summed E-state index contributed by atoms with van der Waals surface area (Å²) in [6.45, 7) is 3.27. The lowest BCUT2D eigenvalue weighted by Gasteiger charge is -2.21. The summed E-state index contributed by atoms with van der Waals surface area (Å²) in [5, 5.41) is 9.10. The molecule has 19 heavy (non-hydrogen) atoms. The average molecular weight is 413 g/mol. The van der Waals surface area contributed by atoms with Gasteiger partial charge in [0, 0.05) is 13.1 Å². The van der Waals surface area contributed by atoms with Crippen LogP contribution < -0.4 is 0 Å². The lowest BCUT2D eigenvalue weighted by Crippen LogP contribution is -2.34. The highest BCUT2D eigenvalue weighted by Gasteiger charge is 2.19. The number of unbranched alkanes of at least 4 members (excludes halogenated alkanes) is 3. The van der Waals surface area contributed by atoms with E-state index in [0.717, 1.165) is 20.4 Å². The smallest absolute Gasteiger partial charge is 0.255 e. The second-order valence-electron chi connectivity index (χ2n) is 4.31.